The molecule has 2 aromatic heterocycles. The van der Waals surface area contributed by atoms with Crippen LogP contribution in [0.5, 0.6) is 0 Å². The molecule has 0 aliphatic carbocycles. The second-order valence-electron chi connectivity index (χ2n) is 5.00. The molecule has 0 spiro atoms. The van der Waals surface area contributed by atoms with Crippen LogP contribution in [0, 0.1) is 13.8 Å². The average Bonchev–Trinajstić information content (AvgIpc) is 2.80. The van der Waals surface area contributed by atoms with Gasteiger partial charge in [-0.05, 0) is 25.5 Å². The third-order valence-electron chi connectivity index (χ3n) is 3.05. The lowest BCUT2D eigenvalue weighted by Gasteiger charge is -2.11. The van der Waals surface area contributed by atoms with Crippen molar-refractivity contribution in [2.75, 3.05) is 0 Å². The maximum absolute atomic E-state index is 12.4. The summed E-state index contributed by atoms with van der Waals surface area (Å²) >= 11 is 0. The standard InChI is InChI=1S/C14H14F3N3O3/c1-8-5-9(2)19-12(21)11(8)13(22)23-6-10-18-3-4-20(10)7-14(15,16)17/h3-5H,6-7H2,1-2H3,(H,19,21). The molecule has 2 aromatic rings. The summed E-state index contributed by atoms with van der Waals surface area (Å²) in [6.07, 6.45) is -2.09. The fourth-order valence-corrected chi connectivity index (χ4v) is 2.13. The van der Waals surface area contributed by atoms with Gasteiger partial charge in [0.1, 0.15) is 24.5 Å². The highest BCUT2D eigenvalue weighted by atomic mass is 19.4. The topological polar surface area (TPSA) is 77.0 Å². The molecule has 1 N–H and O–H groups in total. The number of aromatic nitrogens is 3. The minimum Gasteiger partial charge on any atom is -0.454 e. The van der Waals surface area contributed by atoms with Crippen LogP contribution < -0.4 is 5.56 Å². The van der Waals surface area contributed by atoms with Crippen molar-refractivity contribution in [2.45, 2.75) is 33.2 Å². The van der Waals surface area contributed by atoms with Crippen LogP contribution in [0.3, 0.4) is 0 Å². The van der Waals surface area contributed by atoms with E-state index in [9.17, 15) is 22.8 Å². The molecule has 23 heavy (non-hydrogen) atoms. The van der Waals surface area contributed by atoms with Crippen molar-refractivity contribution < 1.29 is 22.7 Å². The summed E-state index contributed by atoms with van der Waals surface area (Å²) in [7, 11) is 0. The van der Waals surface area contributed by atoms with Gasteiger partial charge in [0, 0.05) is 18.1 Å². The van der Waals surface area contributed by atoms with Crippen molar-refractivity contribution in [3.05, 3.63) is 51.5 Å². The number of imidazole rings is 1. The Morgan fingerprint density at radius 3 is 2.70 bits per heavy atom. The number of hydrogen-bond acceptors (Lipinski definition) is 4. The first-order valence-electron chi connectivity index (χ1n) is 6.62. The van der Waals surface area contributed by atoms with Gasteiger partial charge in [-0.25, -0.2) is 9.78 Å². The second-order valence-corrected chi connectivity index (χ2v) is 5.00. The molecule has 0 aliphatic heterocycles. The molecular weight excluding hydrogens is 315 g/mol. The highest BCUT2D eigenvalue weighted by Gasteiger charge is 2.29. The van der Waals surface area contributed by atoms with Gasteiger partial charge < -0.3 is 14.3 Å². The summed E-state index contributed by atoms with van der Waals surface area (Å²) in [5.41, 5.74) is 0.232. The van der Waals surface area contributed by atoms with Gasteiger partial charge in [-0.1, -0.05) is 0 Å². The Morgan fingerprint density at radius 2 is 2.09 bits per heavy atom. The highest BCUT2D eigenvalue weighted by molar-refractivity contribution is 5.90. The number of H-pyrrole nitrogens is 1. The minimum absolute atomic E-state index is 0.0585. The van der Waals surface area contributed by atoms with E-state index >= 15 is 0 Å². The number of pyridine rings is 1. The van der Waals surface area contributed by atoms with E-state index in [0.29, 0.717) is 11.3 Å². The van der Waals surface area contributed by atoms with E-state index in [1.807, 2.05) is 0 Å². The lowest BCUT2D eigenvalue weighted by molar-refractivity contribution is -0.141. The van der Waals surface area contributed by atoms with Crippen LogP contribution in [-0.2, 0) is 17.9 Å². The van der Waals surface area contributed by atoms with E-state index in [4.69, 9.17) is 4.74 Å². The van der Waals surface area contributed by atoms with Crippen LogP contribution in [-0.4, -0.2) is 26.7 Å². The smallest absolute Gasteiger partial charge is 0.406 e. The monoisotopic (exact) mass is 329 g/mol. The molecule has 0 amide bonds. The minimum atomic E-state index is -4.41. The van der Waals surface area contributed by atoms with Crippen LogP contribution in [0.15, 0.2) is 23.3 Å². The summed E-state index contributed by atoms with van der Waals surface area (Å²) in [4.78, 5) is 30.0. The van der Waals surface area contributed by atoms with Crippen molar-refractivity contribution in [3.63, 3.8) is 0 Å². The van der Waals surface area contributed by atoms with Gasteiger partial charge in [0.25, 0.3) is 5.56 Å². The normalized spacial score (nSPS) is 11.5. The first kappa shape index (κ1) is 16.8. The molecule has 6 nitrogen and oxygen atoms in total. The quantitative estimate of drug-likeness (QED) is 0.872. The molecule has 124 valence electrons. The summed E-state index contributed by atoms with van der Waals surface area (Å²) < 4.78 is 43.0. The third-order valence-corrected chi connectivity index (χ3v) is 3.05. The van der Waals surface area contributed by atoms with Crippen LogP contribution in [0.25, 0.3) is 0 Å². The molecular formula is C14H14F3N3O3. The lowest BCUT2D eigenvalue weighted by Crippen LogP contribution is -2.23. The second kappa shape index (κ2) is 6.27. The largest absolute Gasteiger partial charge is 0.454 e. The summed E-state index contributed by atoms with van der Waals surface area (Å²) in [5, 5.41) is 0. The fraction of sp³-hybridized carbons (Fsp3) is 0.357. The number of aromatic amines is 1. The number of alkyl halides is 3. The summed E-state index contributed by atoms with van der Waals surface area (Å²) in [5.74, 6) is -0.970. The SMILES string of the molecule is Cc1cc(C)c(C(=O)OCc2nccn2CC(F)(F)F)c(=O)[nH]1. The first-order valence-corrected chi connectivity index (χ1v) is 6.62. The Hall–Kier alpha value is -2.58. The highest BCUT2D eigenvalue weighted by Crippen LogP contribution is 2.18. The van der Waals surface area contributed by atoms with Crippen molar-refractivity contribution in [1.82, 2.24) is 14.5 Å². The van der Waals surface area contributed by atoms with E-state index in [2.05, 4.69) is 9.97 Å². The van der Waals surface area contributed by atoms with E-state index in [1.165, 1.54) is 6.20 Å². The average molecular weight is 329 g/mol. The van der Waals surface area contributed by atoms with Gasteiger partial charge in [0.05, 0.1) is 0 Å². The van der Waals surface area contributed by atoms with E-state index in [1.54, 1.807) is 19.9 Å². The van der Waals surface area contributed by atoms with Crippen molar-refractivity contribution in [3.8, 4) is 0 Å². The zero-order valence-corrected chi connectivity index (χ0v) is 12.4. The zero-order valence-electron chi connectivity index (χ0n) is 12.4. The number of rotatable bonds is 4. The molecule has 0 saturated carbocycles. The number of ether oxygens (including phenoxy) is 1. The van der Waals surface area contributed by atoms with Crippen LogP contribution in [0.2, 0.25) is 0 Å². The Labute approximate surface area is 128 Å². The van der Waals surface area contributed by atoms with E-state index in [0.717, 1.165) is 10.8 Å². The Kier molecular flexibility index (Phi) is 4.57. The molecule has 9 heteroatoms. The molecule has 0 atom stereocenters. The predicted octanol–water partition coefficient (Wildman–Crippen LogP) is 2.11. The Balaban J connectivity index is 2.12. The molecule has 0 fully saturated rings. The van der Waals surface area contributed by atoms with Gasteiger partial charge in [-0.15, -0.1) is 0 Å². The fourth-order valence-electron chi connectivity index (χ4n) is 2.13. The Bertz CT molecular complexity index is 778. The summed E-state index contributed by atoms with van der Waals surface area (Å²) in [6, 6.07) is 1.60. The van der Waals surface area contributed by atoms with Gasteiger partial charge in [0.2, 0.25) is 0 Å². The van der Waals surface area contributed by atoms with E-state index in [-0.39, 0.29) is 11.4 Å². The maximum atomic E-state index is 12.4. The third kappa shape index (κ3) is 4.21. The number of hydrogen-bond donors (Lipinski definition) is 1. The number of carbonyl (C=O) groups excluding carboxylic acids is 1. The van der Waals surface area contributed by atoms with Crippen LogP contribution in [0.4, 0.5) is 13.2 Å². The molecule has 0 saturated heterocycles. The van der Waals surface area contributed by atoms with Crippen molar-refractivity contribution >= 4 is 5.97 Å². The summed E-state index contributed by atoms with van der Waals surface area (Å²) in [6.45, 7) is 1.54. The molecule has 2 rings (SSSR count). The number of nitrogens with zero attached hydrogens (tertiary/aromatic N) is 2. The van der Waals surface area contributed by atoms with Crippen LogP contribution in [0.1, 0.15) is 27.4 Å². The number of esters is 1. The molecule has 0 unspecified atom stereocenters. The van der Waals surface area contributed by atoms with Gasteiger partial charge in [0.15, 0.2) is 0 Å². The lowest BCUT2D eigenvalue weighted by atomic mass is 10.1. The first-order chi connectivity index (χ1) is 10.7. The van der Waals surface area contributed by atoms with E-state index < -0.39 is 30.9 Å². The molecule has 2 heterocycles. The van der Waals surface area contributed by atoms with Crippen molar-refractivity contribution in [1.29, 1.82) is 0 Å². The molecule has 0 aliphatic rings. The molecule has 0 aromatic carbocycles. The number of halogens is 3. The Morgan fingerprint density at radius 1 is 1.39 bits per heavy atom. The predicted molar refractivity (Wildman–Crippen MR) is 73.9 cm³/mol. The van der Waals surface area contributed by atoms with Gasteiger partial charge in [-0.2, -0.15) is 13.2 Å². The van der Waals surface area contributed by atoms with Crippen molar-refractivity contribution in [2.24, 2.45) is 0 Å². The van der Waals surface area contributed by atoms with Gasteiger partial charge in [-0.3, -0.25) is 4.79 Å². The molecule has 0 bridgehead atoms. The number of aryl methyl sites for hydroxylation is 2. The molecule has 0 radical (unpaired) electrons. The van der Waals surface area contributed by atoms with Gasteiger partial charge >= 0.3 is 12.1 Å². The van der Waals surface area contributed by atoms with Crippen LogP contribution >= 0.6 is 0 Å². The number of nitrogens with one attached hydrogen (secondary N) is 1. The zero-order chi connectivity index (χ0) is 17.2. The number of carbonyl (C=O) groups is 1. The maximum Gasteiger partial charge on any atom is 0.406 e.